The molecule has 1 aromatic rings. The van der Waals surface area contributed by atoms with Gasteiger partial charge in [0.2, 0.25) is 0 Å². The number of rotatable bonds is 5. The minimum absolute atomic E-state index is 0.385. The Labute approximate surface area is 140 Å². The van der Waals surface area contributed by atoms with Crippen LogP contribution in [-0.2, 0) is 20.7 Å². The number of carboxylic acids is 2. The predicted molar refractivity (Wildman–Crippen MR) is 87.6 cm³/mol. The maximum atomic E-state index is 10.8. The first kappa shape index (κ1) is 21.4. The van der Waals surface area contributed by atoms with E-state index >= 15 is 0 Å². The van der Waals surface area contributed by atoms with Crippen LogP contribution in [0.4, 0.5) is 4.79 Å². The van der Waals surface area contributed by atoms with Crippen molar-refractivity contribution in [3.63, 3.8) is 0 Å². The molecule has 134 valence electrons. The molecule has 0 fully saturated rings. The summed E-state index contributed by atoms with van der Waals surface area (Å²) in [4.78, 5) is 31.1. The predicted octanol–water partition coefficient (Wildman–Crippen LogP) is 1.24. The van der Waals surface area contributed by atoms with Crippen molar-refractivity contribution < 1.29 is 29.3 Å². The first-order valence-electron chi connectivity index (χ1n) is 7.22. The Hall–Kier alpha value is -2.61. The van der Waals surface area contributed by atoms with Gasteiger partial charge in [-0.2, -0.15) is 0 Å². The van der Waals surface area contributed by atoms with Gasteiger partial charge in [0.05, 0.1) is 0 Å². The maximum Gasteiger partial charge on any atom is 0.408 e. The fourth-order valence-electron chi connectivity index (χ4n) is 1.42. The van der Waals surface area contributed by atoms with Gasteiger partial charge in [-0.05, 0) is 32.8 Å². The van der Waals surface area contributed by atoms with E-state index in [0.29, 0.717) is 6.42 Å². The Kier molecular flexibility index (Phi) is 9.11. The van der Waals surface area contributed by atoms with E-state index < -0.39 is 36.2 Å². The first-order valence-corrected chi connectivity index (χ1v) is 7.22. The van der Waals surface area contributed by atoms with E-state index in [4.69, 9.17) is 20.7 Å². The summed E-state index contributed by atoms with van der Waals surface area (Å²) in [6.45, 7) is 4.68. The van der Waals surface area contributed by atoms with Gasteiger partial charge >= 0.3 is 18.0 Å². The molecule has 0 aromatic heterocycles. The van der Waals surface area contributed by atoms with Crippen LogP contribution in [0.15, 0.2) is 30.3 Å². The zero-order valence-corrected chi connectivity index (χ0v) is 14.0. The van der Waals surface area contributed by atoms with Gasteiger partial charge in [0.15, 0.2) is 0 Å². The lowest BCUT2D eigenvalue weighted by Crippen LogP contribution is -2.35. The number of hydrogen-bond acceptors (Lipinski definition) is 5. The number of nitrogens with one attached hydrogen (secondary N) is 1. The highest BCUT2D eigenvalue weighted by Gasteiger charge is 2.16. The van der Waals surface area contributed by atoms with Crippen LogP contribution in [0, 0.1) is 0 Å². The second-order valence-electron chi connectivity index (χ2n) is 5.88. The van der Waals surface area contributed by atoms with Crippen LogP contribution in [-0.4, -0.2) is 46.4 Å². The largest absolute Gasteiger partial charge is 0.480 e. The van der Waals surface area contributed by atoms with Gasteiger partial charge in [0, 0.05) is 0 Å². The molecule has 0 bridgehead atoms. The molecule has 1 atom stereocenters. The fraction of sp³-hybridized carbons (Fsp3) is 0.438. The Morgan fingerprint density at radius 2 is 1.71 bits per heavy atom. The van der Waals surface area contributed by atoms with Crippen molar-refractivity contribution in [3.8, 4) is 0 Å². The van der Waals surface area contributed by atoms with Crippen LogP contribution in [0.25, 0.3) is 0 Å². The summed E-state index contributed by atoms with van der Waals surface area (Å²) in [6, 6.07) is 8.54. The van der Waals surface area contributed by atoms with E-state index in [1.165, 1.54) is 0 Å². The standard InChI is InChI=1S/C9H11NO2.C7H13NO4/c10-8(9(11)12)6-7-4-2-1-3-5-7;1-7(2,3)12-6(11)8-4-5(9)10/h1-5,8H,6,10H2,(H,11,12);4H2,1-3H3,(H,8,11)(H,9,10). The lowest BCUT2D eigenvalue weighted by atomic mass is 10.1. The summed E-state index contributed by atoms with van der Waals surface area (Å²) in [6.07, 6.45) is -0.333. The Morgan fingerprint density at radius 1 is 1.17 bits per heavy atom. The number of nitrogens with two attached hydrogens (primary N) is 1. The lowest BCUT2D eigenvalue weighted by Gasteiger charge is -2.19. The van der Waals surface area contributed by atoms with Crippen LogP contribution >= 0.6 is 0 Å². The highest BCUT2D eigenvalue weighted by molar-refractivity contribution is 5.76. The molecule has 0 aliphatic carbocycles. The Bertz CT molecular complexity index is 539. The molecule has 0 saturated carbocycles. The molecule has 1 unspecified atom stereocenters. The van der Waals surface area contributed by atoms with Gasteiger partial charge in [0.1, 0.15) is 18.2 Å². The number of carbonyl (C=O) groups excluding carboxylic acids is 1. The molecule has 1 aromatic carbocycles. The number of hydrogen-bond donors (Lipinski definition) is 4. The number of alkyl carbamates (subject to hydrolysis) is 1. The third kappa shape index (κ3) is 12.0. The zero-order chi connectivity index (χ0) is 18.8. The highest BCUT2D eigenvalue weighted by Crippen LogP contribution is 2.06. The second kappa shape index (κ2) is 10.2. The molecule has 0 aliphatic rings. The SMILES string of the molecule is CC(C)(C)OC(=O)NCC(=O)O.NC(Cc1ccccc1)C(=O)O. The van der Waals surface area contributed by atoms with Gasteiger partial charge in [-0.1, -0.05) is 30.3 Å². The van der Waals surface area contributed by atoms with E-state index in [-0.39, 0.29) is 0 Å². The molecule has 8 heteroatoms. The molecule has 1 rings (SSSR count). The van der Waals surface area contributed by atoms with Crippen molar-refractivity contribution in [1.29, 1.82) is 0 Å². The van der Waals surface area contributed by atoms with Crippen molar-refractivity contribution >= 4 is 18.0 Å². The Morgan fingerprint density at radius 3 is 2.12 bits per heavy atom. The monoisotopic (exact) mass is 340 g/mol. The average molecular weight is 340 g/mol. The number of ether oxygens (including phenoxy) is 1. The summed E-state index contributed by atoms with van der Waals surface area (Å²) in [5, 5.41) is 18.8. The summed E-state index contributed by atoms with van der Waals surface area (Å²) in [5.74, 6) is -2.06. The minimum Gasteiger partial charge on any atom is -0.480 e. The fourth-order valence-corrected chi connectivity index (χ4v) is 1.42. The minimum atomic E-state index is -1.10. The summed E-state index contributed by atoms with van der Waals surface area (Å²) >= 11 is 0. The third-order valence-electron chi connectivity index (χ3n) is 2.40. The molecule has 0 aliphatic heterocycles. The van der Waals surface area contributed by atoms with Crippen LogP contribution in [0.5, 0.6) is 0 Å². The lowest BCUT2D eigenvalue weighted by molar-refractivity contribution is -0.138. The molecule has 0 saturated heterocycles. The van der Waals surface area contributed by atoms with Crippen LogP contribution in [0.1, 0.15) is 26.3 Å². The molecule has 0 heterocycles. The number of carboxylic acid groups (broad SMARTS) is 2. The normalized spacial score (nSPS) is 11.5. The third-order valence-corrected chi connectivity index (χ3v) is 2.40. The van der Waals surface area contributed by atoms with Crippen molar-refractivity contribution in [2.75, 3.05) is 6.54 Å². The maximum absolute atomic E-state index is 10.8. The molecule has 24 heavy (non-hydrogen) atoms. The highest BCUT2D eigenvalue weighted by atomic mass is 16.6. The van der Waals surface area contributed by atoms with Gasteiger partial charge in [-0.25, -0.2) is 4.79 Å². The number of amides is 1. The van der Waals surface area contributed by atoms with Crippen LogP contribution in [0.2, 0.25) is 0 Å². The second-order valence-corrected chi connectivity index (χ2v) is 5.88. The smallest absolute Gasteiger partial charge is 0.408 e. The summed E-state index contributed by atoms with van der Waals surface area (Å²) in [5.41, 5.74) is 5.71. The van der Waals surface area contributed by atoms with Crippen molar-refractivity contribution in [2.45, 2.75) is 38.8 Å². The molecular weight excluding hydrogens is 316 g/mol. The first-order chi connectivity index (χ1) is 11.0. The van der Waals surface area contributed by atoms with E-state index in [1.807, 2.05) is 30.3 Å². The van der Waals surface area contributed by atoms with Crippen LogP contribution in [0.3, 0.4) is 0 Å². The number of aliphatic carboxylic acids is 2. The van der Waals surface area contributed by atoms with E-state index in [0.717, 1.165) is 5.56 Å². The quantitative estimate of drug-likeness (QED) is 0.632. The summed E-state index contributed by atoms with van der Waals surface area (Å²) in [7, 11) is 0. The summed E-state index contributed by atoms with van der Waals surface area (Å²) < 4.78 is 4.77. The van der Waals surface area contributed by atoms with Gasteiger partial charge < -0.3 is 26.0 Å². The zero-order valence-electron chi connectivity index (χ0n) is 14.0. The molecule has 0 spiro atoms. The van der Waals surface area contributed by atoms with Crippen LogP contribution < -0.4 is 11.1 Å². The van der Waals surface area contributed by atoms with Gasteiger partial charge in [-0.3, -0.25) is 9.59 Å². The molecule has 1 amide bonds. The Balaban J connectivity index is 0.000000441. The van der Waals surface area contributed by atoms with Crippen molar-refractivity contribution in [3.05, 3.63) is 35.9 Å². The van der Waals surface area contributed by atoms with E-state index in [9.17, 15) is 14.4 Å². The average Bonchev–Trinajstić information content (AvgIpc) is 2.45. The number of carbonyl (C=O) groups is 3. The molecule has 0 radical (unpaired) electrons. The topological polar surface area (TPSA) is 139 Å². The molecule has 8 nitrogen and oxygen atoms in total. The van der Waals surface area contributed by atoms with Gasteiger partial charge in [0.25, 0.3) is 0 Å². The van der Waals surface area contributed by atoms with Gasteiger partial charge in [-0.15, -0.1) is 0 Å². The van der Waals surface area contributed by atoms with E-state index in [1.54, 1.807) is 20.8 Å². The number of benzene rings is 1. The van der Waals surface area contributed by atoms with E-state index in [2.05, 4.69) is 5.32 Å². The molecular formula is C16H24N2O6. The van der Waals surface area contributed by atoms with Crippen molar-refractivity contribution in [2.24, 2.45) is 5.73 Å². The van der Waals surface area contributed by atoms with Crippen molar-refractivity contribution in [1.82, 2.24) is 5.32 Å². The molecule has 5 N–H and O–H groups in total.